The van der Waals surface area contributed by atoms with E-state index in [9.17, 15) is 4.79 Å². The Hall–Kier alpha value is -0.540. The van der Waals surface area contributed by atoms with E-state index in [2.05, 4.69) is 15.9 Å². The van der Waals surface area contributed by atoms with E-state index in [-0.39, 0.29) is 5.78 Å². The molecule has 0 aliphatic heterocycles. The molecule has 0 bridgehead atoms. The zero-order valence-corrected chi connectivity index (χ0v) is 8.74. The van der Waals surface area contributed by atoms with Gasteiger partial charge in [0.2, 0.25) is 0 Å². The fourth-order valence-corrected chi connectivity index (χ4v) is 1.55. The molecule has 0 fully saturated rings. The van der Waals surface area contributed by atoms with Crippen molar-refractivity contribution in [3.8, 4) is 0 Å². The lowest BCUT2D eigenvalue weighted by atomic mass is 10.1. The monoisotopic (exact) mass is 247 g/mol. The van der Waals surface area contributed by atoms with E-state index < -0.39 is 0 Å². The molecule has 1 aromatic carbocycles. The minimum absolute atomic E-state index is 0.126. The zero-order chi connectivity index (χ0) is 9.30. The van der Waals surface area contributed by atoms with Crippen LogP contribution in [0.15, 0.2) is 16.6 Å². The van der Waals surface area contributed by atoms with Crippen LogP contribution in [0.1, 0.15) is 17.3 Å². The number of anilines is 1. The first-order valence-corrected chi connectivity index (χ1v) is 4.45. The second kappa shape index (κ2) is 3.46. The van der Waals surface area contributed by atoms with Crippen LogP contribution >= 0.6 is 27.5 Å². The molecule has 1 rings (SSSR count). The predicted octanol–water partition coefficient (Wildman–Crippen LogP) is 2.89. The van der Waals surface area contributed by atoms with Crippen molar-refractivity contribution in [3.05, 3.63) is 27.2 Å². The number of nitrogen functional groups attached to an aromatic ring is 1. The van der Waals surface area contributed by atoms with E-state index >= 15 is 0 Å². The van der Waals surface area contributed by atoms with Crippen molar-refractivity contribution in [2.45, 2.75) is 6.92 Å². The lowest BCUT2D eigenvalue weighted by molar-refractivity contribution is 0.101. The van der Waals surface area contributed by atoms with Crippen molar-refractivity contribution < 1.29 is 4.79 Å². The quantitative estimate of drug-likeness (QED) is 0.613. The van der Waals surface area contributed by atoms with Crippen molar-refractivity contribution in [2.24, 2.45) is 0 Å². The average molecular weight is 249 g/mol. The number of Topliss-reactive ketones (excluding diaryl/α,β-unsaturated/α-hetero) is 1. The molecule has 1 aromatic rings. The number of benzene rings is 1. The number of halogens is 2. The maximum absolute atomic E-state index is 11.1. The molecule has 0 aliphatic rings. The van der Waals surface area contributed by atoms with Gasteiger partial charge in [-0.25, -0.2) is 0 Å². The standard InChI is InChI=1S/C8H7BrClNO/c1-4(12)7-6(10)3-2-5(9)8(7)11/h2-3H,11H2,1H3. The summed E-state index contributed by atoms with van der Waals surface area (Å²) in [7, 11) is 0. The molecule has 0 aliphatic carbocycles. The van der Waals surface area contributed by atoms with E-state index in [0.29, 0.717) is 20.7 Å². The number of hydrogen-bond acceptors (Lipinski definition) is 2. The Morgan fingerprint density at radius 1 is 1.58 bits per heavy atom. The summed E-state index contributed by atoms with van der Waals surface area (Å²) in [6.45, 7) is 1.43. The molecule has 2 N–H and O–H groups in total. The summed E-state index contributed by atoms with van der Waals surface area (Å²) < 4.78 is 0.692. The highest BCUT2D eigenvalue weighted by Crippen LogP contribution is 2.29. The van der Waals surface area contributed by atoms with Crippen LogP contribution in [-0.2, 0) is 0 Å². The Kier molecular flexibility index (Phi) is 2.75. The van der Waals surface area contributed by atoms with Crippen molar-refractivity contribution >= 4 is 39.0 Å². The van der Waals surface area contributed by atoms with E-state index in [0.717, 1.165) is 0 Å². The summed E-state index contributed by atoms with van der Waals surface area (Å²) in [6.07, 6.45) is 0. The first-order valence-electron chi connectivity index (χ1n) is 3.28. The first kappa shape index (κ1) is 9.55. The third-order valence-corrected chi connectivity index (χ3v) is 2.50. The highest BCUT2D eigenvalue weighted by Gasteiger charge is 2.11. The zero-order valence-electron chi connectivity index (χ0n) is 6.40. The fourth-order valence-electron chi connectivity index (χ4n) is 0.925. The van der Waals surface area contributed by atoms with Crippen LogP contribution in [0.5, 0.6) is 0 Å². The van der Waals surface area contributed by atoms with E-state index in [4.69, 9.17) is 17.3 Å². The van der Waals surface area contributed by atoms with Crippen LogP contribution in [0.25, 0.3) is 0 Å². The topological polar surface area (TPSA) is 43.1 Å². The maximum atomic E-state index is 11.1. The number of carbonyl (C=O) groups excluding carboxylic acids is 1. The minimum Gasteiger partial charge on any atom is -0.397 e. The summed E-state index contributed by atoms with van der Waals surface area (Å²) >= 11 is 8.99. The highest BCUT2D eigenvalue weighted by atomic mass is 79.9. The molecular formula is C8H7BrClNO. The third kappa shape index (κ3) is 1.62. The molecule has 0 atom stereocenters. The Morgan fingerprint density at radius 3 is 2.58 bits per heavy atom. The van der Waals surface area contributed by atoms with Gasteiger partial charge < -0.3 is 5.73 Å². The normalized spacial score (nSPS) is 9.92. The molecule has 0 radical (unpaired) electrons. The highest BCUT2D eigenvalue weighted by molar-refractivity contribution is 9.10. The second-order valence-electron chi connectivity index (χ2n) is 2.37. The second-order valence-corrected chi connectivity index (χ2v) is 3.64. The van der Waals surface area contributed by atoms with Gasteiger partial charge in [-0.3, -0.25) is 4.79 Å². The molecule has 0 aromatic heterocycles. The molecule has 0 saturated carbocycles. The number of hydrogen-bond donors (Lipinski definition) is 1. The number of rotatable bonds is 1. The van der Waals surface area contributed by atoms with Gasteiger partial charge in [0.15, 0.2) is 5.78 Å². The van der Waals surface area contributed by atoms with Gasteiger partial charge in [-0.1, -0.05) is 11.6 Å². The first-order chi connectivity index (χ1) is 5.54. The third-order valence-electron chi connectivity index (χ3n) is 1.49. The van der Waals surface area contributed by atoms with Gasteiger partial charge in [-0.15, -0.1) is 0 Å². The molecule has 0 heterocycles. The summed E-state index contributed by atoms with van der Waals surface area (Å²) in [5, 5.41) is 0.392. The average Bonchev–Trinajstić information content (AvgIpc) is 1.97. The molecule has 0 spiro atoms. The largest absolute Gasteiger partial charge is 0.397 e. The van der Waals surface area contributed by atoms with Crippen molar-refractivity contribution in [3.63, 3.8) is 0 Å². The molecule has 2 nitrogen and oxygen atoms in total. The summed E-state index contributed by atoms with van der Waals surface area (Å²) in [4.78, 5) is 11.1. The molecule has 0 saturated heterocycles. The maximum Gasteiger partial charge on any atom is 0.163 e. The van der Waals surface area contributed by atoms with Crippen molar-refractivity contribution in [1.29, 1.82) is 0 Å². The minimum atomic E-state index is -0.126. The van der Waals surface area contributed by atoms with Gasteiger partial charge in [0.25, 0.3) is 0 Å². The Bertz CT molecular complexity index is 338. The Morgan fingerprint density at radius 2 is 2.17 bits per heavy atom. The van der Waals surface area contributed by atoms with Crippen molar-refractivity contribution in [2.75, 3.05) is 5.73 Å². The fraction of sp³-hybridized carbons (Fsp3) is 0.125. The lowest BCUT2D eigenvalue weighted by Crippen LogP contribution is -2.01. The molecular weight excluding hydrogens is 241 g/mol. The van der Waals surface area contributed by atoms with Gasteiger partial charge >= 0.3 is 0 Å². The SMILES string of the molecule is CC(=O)c1c(Cl)ccc(Br)c1N. The molecule has 12 heavy (non-hydrogen) atoms. The molecule has 0 unspecified atom stereocenters. The van der Waals surface area contributed by atoms with Crippen LogP contribution in [0.4, 0.5) is 5.69 Å². The number of carbonyl (C=O) groups is 1. The lowest BCUT2D eigenvalue weighted by Gasteiger charge is -2.05. The van der Waals surface area contributed by atoms with Gasteiger partial charge in [0, 0.05) is 4.47 Å². The molecule has 0 amide bonds. The van der Waals surface area contributed by atoms with Gasteiger partial charge in [-0.05, 0) is 35.0 Å². The van der Waals surface area contributed by atoms with Gasteiger partial charge in [0.05, 0.1) is 16.3 Å². The van der Waals surface area contributed by atoms with Crippen LogP contribution in [0.2, 0.25) is 5.02 Å². The summed E-state index contributed by atoms with van der Waals surface area (Å²) in [6, 6.07) is 3.35. The van der Waals surface area contributed by atoms with Crippen molar-refractivity contribution in [1.82, 2.24) is 0 Å². The van der Waals surface area contributed by atoms with Crippen LogP contribution in [0, 0.1) is 0 Å². The van der Waals surface area contributed by atoms with Crippen LogP contribution in [0.3, 0.4) is 0 Å². The molecule has 4 heteroatoms. The number of ketones is 1. The smallest absolute Gasteiger partial charge is 0.163 e. The Balaban J connectivity index is 3.43. The predicted molar refractivity (Wildman–Crippen MR) is 53.6 cm³/mol. The summed E-state index contributed by atoms with van der Waals surface area (Å²) in [5.41, 5.74) is 6.41. The van der Waals surface area contributed by atoms with E-state index in [1.54, 1.807) is 12.1 Å². The Labute approximate surface area is 83.8 Å². The van der Waals surface area contributed by atoms with Gasteiger partial charge in [0.1, 0.15) is 0 Å². The van der Waals surface area contributed by atoms with Crippen LogP contribution in [-0.4, -0.2) is 5.78 Å². The summed E-state index contributed by atoms with van der Waals surface area (Å²) in [5.74, 6) is -0.126. The molecule has 64 valence electrons. The van der Waals surface area contributed by atoms with E-state index in [1.807, 2.05) is 0 Å². The number of nitrogens with two attached hydrogens (primary N) is 1. The van der Waals surface area contributed by atoms with Crippen LogP contribution < -0.4 is 5.73 Å². The van der Waals surface area contributed by atoms with E-state index in [1.165, 1.54) is 6.92 Å². The van der Waals surface area contributed by atoms with Gasteiger partial charge in [-0.2, -0.15) is 0 Å².